The Balaban J connectivity index is -0.000000706. The van der Waals surface area contributed by atoms with Gasteiger partial charge in [-0.25, -0.2) is 0 Å². The number of carbonyl (C=O) groups excluding carboxylic acids is 1. The van der Waals surface area contributed by atoms with Gasteiger partial charge in [0.2, 0.25) is 0 Å². The lowest BCUT2D eigenvalue weighted by Crippen LogP contribution is -2.69. The van der Waals surface area contributed by atoms with Gasteiger partial charge >= 0.3 is 0 Å². The summed E-state index contributed by atoms with van der Waals surface area (Å²) in [6.07, 6.45) is 13.1. The normalized spacial score (nSPS) is 22.7. The number of aliphatic imine (C=N–C) groups is 3. The van der Waals surface area contributed by atoms with Gasteiger partial charge in [0.25, 0.3) is 0 Å². The monoisotopic (exact) mass is 868 g/mol. The Morgan fingerprint density at radius 1 is 0.820 bits per heavy atom. The third-order valence-corrected chi connectivity index (χ3v) is 10.1. The van der Waals surface area contributed by atoms with Crippen LogP contribution in [0, 0.1) is 39.9 Å². The number of carbonyl (C=O) groups is 1. The lowest BCUT2D eigenvalue weighted by molar-refractivity contribution is -0.124. The van der Waals surface area contributed by atoms with E-state index in [1.54, 1.807) is 6.92 Å². The summed E-state index contributed by atoms with van der Waals surface area (Å²) < 4.78 is 0. The fraction of sp³-hybridized carbons (Fsp3) is 0.704. The Morgan fingerprint density at radius 2 is 1.31 bits per heavy atom. The van der Waals surface area contributed by atoms with E-state index in [0.717, 1.165) is 28.6 Å². The zero-order valence-corrected chi connectivity index (χ0v) is 41.9. The predicted molar refractivity (Wildman–Crippen MR) is 279 cm³/mol. The van der Waals surface area contributed by atoms with Crippen molar-refractivity contribution in [3.8, 4) is 0 Å². The molecule has 0 spiro atoms. The zero-order valence-electron chi connectivity index (χ0n) is 41.2. The van der Waals surface area contributed by atoms with Gasteiger partial charge in [0.1, 0.15) is 5.78 Å². The third kappa shape index (κ3) is 25.3. The molecule has 352 valence electrons. The topological polar surface area (TPSA) is 60.6 Å². The van der Waals surface area contributed by atoms with Crippen molar-refractivity contribution in [2.75, 3.05) is 32.8 Å². The van der Waals surface area contributed by atoms with Crippen LogP contribution in [0.25, 0.3) is 0 Å². The van der Waals surface area contributed by atoms with Crippen molar-refractivity contribution in [3.63, 3.8) is 0 Å². The van der Waals surface area contributed by atoms with Crippen LogP contribution in [0.3, 0.4) is 0 Å². The molecule has 0 aliphatic carbocycles. The van der Waals surface area contributed by atoms with Crippen molar-refractivity contribution in [1.82, 2.24) is 9.80 Å². The van der Waals surface area contributed by atoms with Gasteiger partial charge in [0, 0.05) is 54.8 Å². The highest BCUT2D eigenvalue weighted by atomic mass is 35.5. The summed E-state index contributed by atoms with van der Waals surface area (Å²) in [5, 5.41) is 0.761. The van der Waals surface area contributed by atoms with Crippen LogP contribution in [0.2, 0.25) is 5.02 Å². The van der Waals surface area contributed by atoms with Crippen LogP contribution in [0.15, 0.2) is 68.2 Å². The Labute approximate surface area is 385 Å². The van der Waals surface area contributed by atoms with Crippen LogP contribution in [0.4, 0.5) is 5.69 Å². The standard InChI is InChI=1S/C13H23N3.C13H21N.C12H16ClN.C7H14.C6H12O.3CH4/c1-12(2,3)7-14-13-4-11-5-15(8-13)10-16(6-11)9-13;1-7-11-9(2)12(14-10(11)3)8-13(4,5)6;1-9-7-10(13)5-6-11(9)14-8-12(2,3)4;1-5-6-7(2,3)4;1-5(7)6(2,3)4;;;/h7,11H,4-6,8-10H2,1-3H3;8H,7H2,1-6H3;5-8H,1-4H3;5-6H,1-4H3;1-4H3;3*1H4/b;12-8+;;;;;;. The molecule has 6 nitrogen and oxygen atoms in total. The molecule has 6 rings (SSSR count). The first-order valence-corrected chi connectivity index (χ1v) is 22.0. The molecule has 0 aromatic heterocycles. The largest absolute Gasteiger partial charge is 0.299 e. The fourth-order valence-corrected chi connectivity index (χ4v) is 7.14. The van der Waals surface area contributed by atoms with Crippen molar-refractivity contribution in [1.29, 1.82) is 0 Å². The maximum atomic E-state index is 10.5. The molecule has 7 heteroatoms. The highest BCUT2D eigenvalue weighted by Crippen LogP contribution is 2.39. The molecule has 4 saturated heterocycles. The van der Waals surface area contributed by atoms with Gasteiger partial charge in [-0.2, -0.15) is 0 Å². The lowest BCUT2D eigenvalue weighted by Gasteiger charge is -2.57. The Hall–Kier alpha value is -2.67. The van der Waals surface area contributed by atoms with Gasteiger partial charge in [-0.15, -0.1) is 0 Å². The average molecular weight is 869 g/mol. The van der Waals surface area contributed by atoms with E-state index < -0.39 is 0 Å². The van der Waals surface area contributed by atoms with E-state index in [4.69, 9.17) is 16.6 Å². The first-order valence-electron chi connectivity index (χ1n) is 21.6. The summed E-state index contributed by atoms with van der Waals surface area (Å²) in [6, 6.07) is 5.74. The molecule has 0 amide bonds. The Morgan fingerprint density at radius 3 is 1.64 bits per heavy atom. The number of hydrogen-bond donors (Lipinski definition) is 0. The number of Topliss-reactive ketones (excluding diaryl/α,β-unsaturated/α-hetero) is 1. The molecule has 5 aliphatic heterocycles. The van der Waals surface area contributed by atoms with E-state index in [1.165, 1.54) is 61.8 Å². The van der Waals surface area contributed by atoms with Gasteiger partial charge in [-0.05, 0) is 110 Å². The minimum Gasteiger partial charge on any atom is -0.299 e. The van der Waals surface area contributed by atoms with E-state index in [0.29, 0.717) is 5.41 Å². The smallest absolute Gasteiger partial charge is 0.135 e. The van der Waals surface area contributed by atoms with Crippen molar-refractivity contribution >= 4 is 41.2 Å². The number of aryl methyl sites for hydroxylation is 1. The number of nitrogens with zero attached hydrogens (tertiary/aromatic N) is 5. The SMILES string of the molecule is C.C.C.CC(=O)C(C)(C)C.CC(C)(C)C=NC12CC3CN(CN(C3)C1)C2.CC=CC(C)(C)C.CCC1=C(C)/C(=C\C(C)(C)C)N=C1C.Cc1cc(Cl)ccc1N=CC(C)(C)C. The molecule has 1 aromatic rings. The molecule has 1 aromatic carbocycles. The van der Waals surface area contributed by atoms with Crippen LogP contribution in [0.5, 0.6) is 0 Å². The summed E-state index contributed by atoms with van der Waals surface area (Å²) >= 11 is 5.86. The van der Waals surface area contributed by atoms with Crippen LogP contribution in [-0.4, -0.2) is 72.1 Å². The number of hydrogen-bond acceptors (Lipinski definition) is 6. The first kappa shape index (κ1) is 62.6. The predicted octanol–water partition coefficient (Wildman–Crippen LogP) is 16.1. The summed E-state index contributed by atoms with van der Waals surface area (Å²) in [6.45, 7) is 50.3. The number of benzene rings is 1. The van der Waals surface area contributed by atoms with Crippen LogP contribution < -0.4 is 0 Å². The Kier molecular flexibility index (Phi) is 26.3. The molecule has 2 atom stereocenters. The fourth-order valence-electron chi connectivity index (χ4n) is 6.91. The highest BCUT2D eigenvalue weighted by Gasteiger charge is 2.49. The minimum atomic E-state index is -0.139. The van der Waals surface area contributed by atoms with E-state index in [1.807, 2.05) is 59.0 Å². The van der Waals surface area contributed by atoms with E-state index in [-0.39, 0.29) is 55.3 Å². The highest BCUT2D eigenvalue weighted by molar-refractivity contribution is 6.30. The van der Waals surface area contributed by atoms with Gasteiger partial charge in [-0.3, -0.25) is 29.6 Å². The van der Waals surface area contributed by atoms with Crippen molar-refractivity contribution in [2.45, 2.75) is 186 Å². The van der Waals surface area contributed by atoms with Crippen molar-refractivity contribution in [3.05, 3.63) is 63.9 Å². The number of piperidine rings is 2. The number of halogens is 1. The lowest BCUT2D eigenvalue weighted by atomic mass is 9.77. The molecule has 4 fully saturated rings. The number of rotatable bonds is 3. The molecular formula is C54H98ClN5O. The van der Waals surface area contributed by atoms with E-state index in [9.17, 15) is 4.79 Å². The molecule has 61 heavy (non-hydrogen) atoms. The molecule has 0 N–H and O–H groups in total. The molecule has 4 bridgehead atoms. The molecular weight excluding hydrogens is 770 g/mol. The van der Waals surface area contributed by atoms with E-state index >= 15 is 0 Å². The summed E-state index contributed by atoms with van der Waals surface area (Å²) in [4.78, 5) is 29.7. The second kappa shape index (κ2) is 25.6. The minimum absolute atomic E-state index is 0. The Bertz CT molecular complexity index is 1640. The molecule has 0 saturated carbocycles. The second-order valence-electron chi connectivity index (χ2n) is 22.4. The average Bonchev–Trinajstić information content (AvgIpc) is 3.28. The van der Waals surface area contributed by atoms with Crippen LogP contribution in [-0.2, 0) is 4.79 Å². The van der Waals surface area contributed by atoms with Crippen molar-refractivity contribution in [2.24, 2.45) is 48.0 Å². The van der Waals surface area contributed by atoms with Crippen LogP contribution >= 0.6 is 11.6 Å². The number of ketones is 1. The van der Waals surface area contributed by atoms with Gasteiger partial charge < -0.3 is 0 Å². The quantitative estimate of drug-likeness (QED) is 0.225. The summed E-state index contributed by atoms with van der Waals surface area (Å²) in [7, 11) is 0. The third-order valence-electron chi connectivity index (χ3n) is 9.82. The van der Waals surface area contributed by atoms with E-state index in [2.05, 4.69) is 148 Å². The second-order valence-corrected chi connectivity index (χ2v) is 22.8. The van der Waals surface area contributed by atoms with Crippen molar-refractivity contribution < 1.29 is 4.79 Å². The van der Waals surface area contributed by atoms with Gasteiger partial charge in [-0.1, -0.05) is 163 Å². The van der Waals surface area contributed by atoms with Gasteiger partial charge in [0.15, 0.2) is 0 Å². The molecule has 5 heterocycles. The zero-order chi connectivity index (χ0) is 45.1. The molecule has 5 aliphatic rings. The molecule has 2 unspecified atom stereocenters. The maximum absolute atomic E-state index is 10.5. The maximum Gasteiger partial charge on any atom is 0.135 e. The molecule has 0 radical (unpaired) electrons. The summed E-state index contributed by atoms with van der Waals surface area (Å²) in [5.41, 5.74) is 8.25. The first-order chi connectivity index (χ1) is 26.2. The van der Waals surface area contributed by atoms with Gasteiger partial charge in [0.05, 0.1) is 23.6 Å². The van der Waals surface area contributed by atoms with Crippen LogP contribution in [0.1, 0.15) is 179 Å². The summed E-state index contributed by atoms with van der Waals surface area (Å²) in [5.74, 6) is 1.11. The number of allylic oxidation sites excluding steroid dienone is 5.